The number of anilines is 2. The van der Waals surface area contributed by atoms with Gasteiger partial charge in [0.2, 0.25) is 0 Å². The first-order chi connectivity index (χ1) is 15.3. The third-order valence-electron chi connectivity index (χ3n) is 5.79. The molecule has 6 nitrogen and oxygen atoms in total. The Bertz CT molecular complexity index is 1300. The third-order valence-corrected chi connectivity index (χ3v) is 6.08. The number of pyridine rings is 1. The van der Waals surface area contributed by atoms with Crippen LogP contribution in [0.2, 0.25) is 5.02 Å². The van der Waals surface area contributed by atoms with E-state index in [1.54, 1.807) is 32.4 Å². The minimum absolute atomic E-state index is 0.289. The van der Waals surface area contributed by atoms with E-state index in [-0.39, 0.29) is 6.04 Å². The predicted octanol–water partition coefficient (Wildman–Crippen LogP) is 5.35. The normalized spacial score (nSPS) is 15.8. The van der Waals surface area contributed by atoms with Crippen LogP contribution in [0.25, 0.3) is 22.0 Å². The Hall–Kier alpha value is -3.22. The van der Waals surface area contributed by atoms with Crippen LogP contribution in [0, 0.1) is 0 Å². The molecule has 2 N–H and O–H groups in total. The number of aliphatic hydroxyl groups is 1. The maximum absolute atomic E-state index is 10.1. The van der Waals surface area contributed by atoms with Gasteiger partial charge in [0, 0.05) is 29.5 Å². The highest BCUT2D eigenvalue weighted by Crippen LogP contribution is 2.37. The Kier molecular flexibility index (Phi) is 4.99. The van der Waals surface area contributed by atoms with Gasteiger partial charge < -0.3 is 5.11 Å². The lowest BCUT2D eigenvalue weighted by molar-refractivity contribution is 0.0687. The molecule has 2 aromatic carbocycles. The zero-order valence-corrected chi connectivity index (χ0v) is 18.9. The number of rotatable bonds is 4. The van der Waals surface area contributed by atoms with Gasteiger partial charge in [-0.1, -0.05) is 35.9 Å². The van der Waals surface area contributed by atoms with E-state index in [9.17, 15) is 5.11 Å². The average Bonchev–Trinajstić information content (AvgIpc) is 3.10. The van der Waals surface area contributed by atoms with Crippen LogP contribution < -0.4 is 10.4 Å². The number of nitrogens with one attached hydrogen (secondary N) is 1. The summed E-state index contributed by atoms with van der Waals surface area (Å²) in [6.45, 7) is 5.53. The van der Waals surface area contributed by atoms with Crippen LogP contribution in [-0.4, -0.2) is 26.1 Å². The Morgan fingerprint density at radius 3 is 2.53 bits per heavy atom. The first kappa shape index (κ1) is 20.7. The minimum atomic E-state index is -1.08. The van der Waals surface area contributed by atoms with Gasteiger partial charge in [-0.15, -0.1) is 0 Å². The van der Waals surface area contributed by atoms with E-state index in [2.05, 4.69) is 50.5 Å². The Balaban J connectivity index is 1.56. The molecule has 5 rings (SSSR count). The van der Waals surface area contributed by atoms with E-state index in [0.717, 1.165) is 39.8 Å². The van der Waals surface area contributed by atoms with Crippen molar-refractivity contribution in [2.24, 2.45) is 0 Å². The maximum atomic E-state index is 10.1. The summed E-state index contributed by atoms with van der Waals surface area (Å²) in [4.78, 5) is 13.2. The van der Waals surface area contributed by atoms with E-state index >= 15 is 0 Å². The Morgan fingerprint density at radius 2 is 1.78 bits per heavy atom. The third kappa shape index (κ3) is 3.66. The van der Waals surface area contributed by atoms with Gasteiger partial charge in [0.05, 0.1) is 28.0 Å². The Morgan fingerprint density at radius 1 is 1.03 bits per heavy atom. The number of nitrogens with zero attached hydrogens (tertiary/aromatic N) is 4. The van der Waals surface area contributed by atoms with Gasteiger partial charge in [-0.05, 0) is 56.5 Å². The summed E-state index contributed by atoms with van der Waals surface area (Å²) in [6, 6.07) is 14.7. The van der Waals surface area contributed by atoms with Crippen molar-refractivity contribution in [3.05, 3.63) is 77.5 Å². The van der Waals surface area contributed by atoms with E-state index in [4.69, 9.17) is 11.6 Å². The van der Waals surface area contributed by atoms with Crippen LogP contribution in [0.3, 0.4) is 0 Å². The molecule has 3 heterocycles. The fourth-order valence-electron chi connectivity index (χ4n) is 4.11. The maximum Gasteiger partial charge on any atom is 0.159 e. The van der Waals surface area contributed by atoms with Crippen molar-refractivity contribution in [1.29, 1.82) is 0 Å². The van der Waals surface area contributed by atoms with Crippen molar-refractivity contribution in [3.8, 4) is 11.1 Å². The standard InChI is InChI=1S/C25H24ClN5O/c1-15-10-17-6-4-5-7-22(17)31(15)30-23-19-11-16(8-9-21(19)27-14-20(23)26)18-12-28-24(29-13-18)25(2,3)32/h4-9,11-15,32H,10H2,1-3H3,(H,27,30). The quantitative estimate of drug-likeness (QED) is 0.441. The predicted molar refractivity (Wildman–Crippen MR) is 129 cm³/mol. The van der Waals surface area contributed by atoms with Crippen LogP contribution in [0.5, 0.6) is 0 Å². The summed E-state index contributed by atoms with van der Waals surface area (Å²) in [7, 11) is 0. The van der Waals surface area contributed by atoms with Crippen LogP contribution in [0.1, 0.15) is 32.2 Å². The van der Waals surface area contributed by atoms with Crippen LogP contribution in [0.15, 0.2) is 61.1 Å². The molecule has 0 saturated carbocycles. The van der Waals surface area contributed by atoms with Crippen LogP contribution in [0.4, 0.5) is 11.4 Å². The molecular formula is C25H24ClN5O. The van der Waals surface area contributed by atoms with Crippen molar-refractivity contribution < 1.29 is 5.11 Å². The van der Waals surface area contributed by atoms with E-state index in [1.807, 2.05) is 24.3 Å². The highest BCUT2D eigenvalue weighted by molar-refractivity contribution is 6.34. The topological polar surface area (TPSA) is 74.2 Å². The minimum Gasteiger partial charge on any atom is -0.382 e. The fraction of sp³-hybridized carbons (Fsp3) is 0.240. The molecule has 0 spiro atoms. The van der Waals surface area contributed by atoms with Gasteiger partial charge in [0.15, 0.2) is 5.82 Å². The molecule has 1 unspecified atom stereocenters. The second-order valence-corrected chi connectivity index (χ2v) is 9.14. The summed E-state index contributed by atoms with van der Waals surface area (Å²) in [5.41, 5.74) is 8.41. The van der Waals surface area contributed by atoms with E-state index < -0.39 is 5.60 Å². The summed E-state index contributed by atoms with van der Waals surface area (Å²) < 4.78 is 0. The summed E-state index contributed by atoms with van der Waals surface area (Å²) >= 11 is 6.62. The fourth-order valence-corrected chi connectivity index (χ4v) is 4.30. The van der Waals surface area contributed by atoms with Gasteiger partial charge in [-0.2, -0.15) is 0 Å². The second kappa shape index (κ2) is 7.73. The largest absolute Gasteiger partial charge is 0.382 e. The molecule has 1 aliphatic heterocycles. The van der Waals surface area contributed by atoms with Gasteiger partial charge >= 0.3 is 0 Å². The van der Waals surface area contributed by atoms with Gasteiger partial charge in [-0.25, -0.2) is 9.97 Å². The number of hydrogen-bond donors (Lipinski definition) is 2. The molecule has 0 saturated heterocycles. The van der Waals surface area contributed by atoms with Gasteiger partial charge in [-0.3, -0.25) is 15.4 Å². The molecular weight excluding hydrogens is 422 g/mol. The average molecular weight is 446 g/mol. The van der Waals surface area contributed by atoms with Crippen molar-refractivity contribution in [2.75, 3.05) is 10.4 Å². The monoisotopic (exact) mass is 445 g/mol. The molecule has 162 valence electrons. The van der Waals surface area contributed by atoms with Crippen LogP contribution in [-0.2, 0) is 12.0 Å². The van der Waals surface area contributed by atoms with Crippen molar-refractivity contribution >= 4 is 33.9 Å². The molecule has 32 heavy (non-hydrogen) atoms. The van der Waals surface area contributed by atoms with Gasteiger partial charge in [0.25, 0.3) is 0 Å². The Labute approximate surface area is 191 Å². The first-order valence-electron chi connectivity index (χ1n) is 10.6. The first-order valence-corrected chi connectivity index (χ1v) is 11.0. The summed E-state index contributed by atoms with van der Waals surface area (Å²) in [5.74, 6) is 0.385. The molecule has 0 aliphatic carbocycles. The van der Waals surface area contributed by atoms with Gasteiger partial charge in [0.1, 0.15) is 5.60 Å². The summed E-state index contributed by atoms with van der Waals surface area (Å²) in [5, 5.41) is 13.8. The van der Waals surface area contributed by atoms with E-state index in [0.29, 0.717) is 10.8 Å². The number of hydrazine groups is 1. The molecule has 0 amide bonds. The van der Waals surface area contributed by atoms with Crippen molar-refractivity contribution in [2.45, 2.75) is 38.8 Å². The molecule has 0 radical (unpaired) electrons. The highest BCUT2D eigenvalue weighted by Gasteiger charge is 2.27. The number of halogens is 1. The number of benzene rings is 2. The van der Waals surface area contributed by atoms with Crippen molar-refractivity contribution in [3.63, 3.8) is 0 Å². The molecule has 0 fully saturated rings. The lowest BCUT2D eigenvalue weighted by Crippen LogP contribution is -2.35. The summed E-state index contributed by atoms with van der Waals surface area (Å²) in [6.07, 6.45) is 6.11. The zero-order chi connectivity index (χ0) is 22.5. The molecule has 7 heteroatoms. The van der Waals surface area contributed by atoms with Crippen molar-refractivity contribution in [1.82, 2.24) is 15.0 Å². The second-order valence-electron chi connectivity index (χ2n) is 8.73. The molecule has 4 aromatic rings. The van der Waals surface area contributed by atoms with E-state index in [1.165, 1.54) is 5.56 Å². The zero-order valence-electron chi connectivity index (χ0n) is 18.2. The SMILES string of the molecule is CC1Cc2ccccc2N1Nc1c(Cl)cnc2ccc(-c3cnc(C(C)(C)O)nc3)cc12. The molecule has 1 aliphatic rings. The molecule has 2 aromatic heterocycles. The number of para-hydroxylation sites is 1. The smallest absolute Gasteiger partial charge is 0.159 e. The number of fused-ring (bicyclic) bond motifs is 2. The number of hydrogen-bond acceptors (Lipinski definition) is 6. The molecule has 1 atom stereocenters. The lowest BCUT2D eigenvalue weighted by Gasteiger charge is -2.28. The highest BCUT2D eigenvalue weighted by atomic mass is 35.5. The lowest BCUT2D eigenvalue weighted by atomic mass is 10.0. The van der Waals surface area contributed by atoms with Crippen LogP contribution >= 0.6 is 11.6 Å². The number of aromatic nitrogens is 3. The molecule has 0 bridgehead atoms.